The van der Waals surface area contributed by atoms with Gasteiger partial charge in [-0.05, 0) is 18.6 Å². The molecular formula is C24H31F3N4O5. The van der Waals surface area contributed by atoms with Gasteiger partial charge in [-0.3, -0.25) is 4.79 Å². The van der Waals surface area contributed by atoms with Crippen molar-refractivity contribution in [3.05, 3.63) is 23.8 Å². The Morgan fingerprint density at radius 1 is 1.03 bits per heavy atom. The largest absolute Gasteiger partial charge is 0.490 e. The molecule has 0 spiro atoms. The molecule has 0 unspecified atom stereocenters. The molecule has 4 aliphatic rings. The molecule has 12 heteroatoms. The molecule has 4 heterocycles. The minimum absolute atomic E-state index is 0.0584. The first-order valence-corrected chi connectivity index (χ1v) is 12.4. The maximum absolute atomic E-state index is 13.6. The van der Waals surface area contributed by atoms with Gasteiger partial charge in [-0.2, -0.15) is 13.2 Å². The number of likely N-dealkylation sites (tertiary alicyclic amines) is 2. The molecule has 1 N–H and O–H groups in total. The molecule has 4 fully saturated rings. The van der Waals surface area contributed by atoms with E-state index in [9.17, 15) is 22.8 Å². The van der Waals surface area contributed by atoms with Gasteiger partial charge in [0.2, 0.25) is 5.91 Å². The van der Waals surface area contributed by atoms with Crippen LogP contribution >= 0.6 is 0 Å². The lowest BCUT2D eigenvalue weighted by atomic mass is 10.0. The summed E-state index contributed by atoms with van der Waals surface area (Å²) >= 11 is 0. The van der Waals surface area contributed by atoms with E-state index in [1.807, 2.05) is 0 Å². The van der Waals surface area contributed by atoms with Crippen LogP contribution in [0.4, 0.5) is 23.7 Å². The monoisotopic (exact) mass is 512 g/mol. The SMILES string of the molecule is O=C1CO[C@H]2CCN(C(=O)N3CCC(Oc4ccc(C(F)(F)F)c(N5CCOCC5)c4)CC3)C[C@H]2N1. The summed E-state index contributed by atoms with van der Waals surface area (Å²) in [6.07, 6.45) is -2.87. The quantitative estimate of drug-likeness (QED) is 0.668. The van der Waals surface area contributed by atoms with Crippen LogP contribution in [0.2, 0.25) is 0 Å². The fourth-order valence-corrected chi connectivity index (χ4v) is 5.32. The number of halogens is 3. The van der Waals surface area contributed by atoms with Crippen LogP contribution in [-0.2, 0) is 20.4 Å². The number of amides is 3. The molecule has 36 heavy (non-hydrogen) atoms. The molecule has 0 saturated carbocycles. The molecule has 1 aromatic carbocycles. The van der Waals surface area contributed by atoms with Crippen molar-refractivity contribution in [2.24, 2.45) is 0 Å². The van der Waals surface area contributed by atoms with E-state index in [0.29, 0.717) is 77.5 Å². The summed E-state index contributed by atoms with van der Waals surface area (Å²) in [5.74, 6) is 0.230. The number of nitrogens with zero attached hydrogens (tertiary/aromatic N) is 3. The van der Waals surface area contributed by atoms with E-state index in [0.717, 1.165) is 6.07 Å². The topological polar surface area (TPSA) is 83.6 Å². The number of carbonyl (C=O) groups excluding carboxylic acids is 2. The fraction of sp³-hybridized carbons (Fsp3) is 0.667. The van der Waals surface area contributed by atoms with Gasteiger partial charge in [-0.25, -0.2) is 4.79 Å². The molecule has 0 aliphatic carbocycles. The molecular weight excluding hydrogens is 481 g/mol. The van der Waals surface area contributed by atoms with Crippen molar-refractivity contribution in [3.63, 3.8) is 0 Å². The number of urea groups is 1. The molecule has 5 rings (SSSR count). The van der Waals surface area contributed by atoms with Gasteiger partial charge in [0.25, 0.3) is 0 Å². The number of ether oxygens (including phenoxy) is 3. The average molecular weight is 513 g/mol. The van der Waals surface area contributed by atoms with Crippen LogP contribution < -0.4 is 15.0 Å². The second kappa shape index (κ2) is 10.3. The highest BCUT2D eigenvalue weighted by molar-refractivity contribution is 5.79. The third-order valence-corrected chi connectivity index (χ3v) is 7.24. The third-order valence-electron chi connectivity index (χ3n) is 7.24. The highest BCUT2D eigenvalue weighted by atomic mass is 19.4. The van der Waals surface area contributed by atoms with Crippen molar-refractivity contribution in [1.29, 1.82) is 0 Å². The molecule has 9 nitrogen and oxygen atoms in total. The highest BCUT2D eigenvalue weighted by Gasteiger charge is 2.39. The number of rotatable bonds is 3. The Morgan fingerprint density at radius 3 is 2.47 bits per heavy atom. The highest BCUT2D eigenvalue weighted by Crippen LogP contribution is 2.39. The number of benzene rings is 1. The molecule has 198 valence electrons. The zero-order valence-corrected chi connectivity index (χ0v) is 20.0. The van der Waals surface area contributed by atoms with E-state index < -0.39 is 11.7 Å². The smallest absolute Gasteiger partial charge is 0.418 e. The van der Waals surface area contributed by atoms with E-state index in [-0.39, 0.29) is 42.5 Å². The van der Waals surface area contributed by atoms with Crippen LogP contribution in [0.1, 0.15) is 24.8 Å². The minimum atomic E-state index is -4.46. The minimum Gasteiger partial charge on any atom is -0.490 e. The Labute approximate surface area is 207 Å². The van der Waals surface area contributed by atoms with E-state index in [1.54, 1.807) is 14.7 Å². The van der Waals surface area contributed by atoms with Gasteiger partial charge < -0.3 is 34.2 Å². The third kappa shape index (κ3) is 5.49. The van der Waals surface area contributed by atoms with Gasteiger partial charge in [0.15, 0.2) is 0 Å². The van der Waals surface area contributed by atoms with Gasteiger partial charge >= 0.3 is 12.2 Å². The molecule has 1 aromatic rings. The number of anilines is 1. The van der Waals surface area contributed by atoms with Crippen molar-refractivity contribution in [3.8, 4) is 5.75 Å². The van der Waals surface area contributed by atoms with Crippen LogP contribution in [0, 0.1) is 0 Å². The summed E-state index contributed by atoms with van der Waals surface area (Å²) in [6.45, 7) is 3.59. The van der Waals surface area contributed by atoms with Crippen molar-refractivity contribution < 1.29 is 37.0 Å². The predicted molar refractivity (Wildman–Crippen MR) is 123 cm³/mol. The van der Waals surface area contributed by atoms with Crippen LogP contribution in [0.15, 0.2) is 18.2 Å². The first-order valence-electron chi connectivity index (χ1n) is 12.4. The molecule has 0 bridgehead atoms. The van der Waals surface area contributed by atoms with Gasteiger partial charge in [-0.1, -0.05) is 0 Å². The van der Waals surface area contributed by atoms with Gasteiger partial charge in [0, 0.05) is 58.2 Å². The fourth-order valence-electron chi connectivity index (χ4n) is 5.32. The van der Waals surface area contributed by atoms with Crippen LogP contribution in [0.5, 0.6) is 5.75 Å². The van der Waals surface area contributed by atoms with Gasteiger partial charge in [0.05, 0.1) is 36.6 Å². The van der Waals surface area contributed by atoms with Gasteiger partial charge in [-0.15, -0.1) is 0 Å². The van der Waals surface area contributed by atoms with Crippen molar-refractivity contribution >= 4 is 17.6 Å². The predicted octanol–water partition coefficient (Wildman–Crippen LogP) is 2.09. The number of alkyl halides is 3. The maximum Gasteiger partial charge on any atom is 0.418 e. The Balaban J connectivity index is 1.17. The molecule has 0 aromatic heterocycles. The van der Waals surface area contributed by atoms with E-state index in [1.165, 1.54) is 12.1 Å². The van der Waals surface area contributed by atoms with Crippen molar-refractivity contribution in [2.75, 3.05) is 64.0 Å². The Morgan fingerprint density at radius 2 is 1.75 bits per heavy atom. The number of nitrogens with one attached hydrogen (secondary N) is 1. The summed E-state index contributed by atoms with van der Waals surface area (Å²) in [4.78, 5) is 29.9. The Hall–Kier alpha value is -2.73. The number of morpholine rings is 2. The number of hydrogen-bond donors (Lipinski definition) is 1. The zero-order valence-electron chi connectivity index (χ0n) is 20.0. The van der Waals surface area contributed by atoms with Crippen LogP contribution in [0.25, 0.3) is 0 Å². The molecule has 4 aliphatic heterocycles. The van der Waals surface area contributed by atoms with E-state index in [2.05, 4.69) is 5.32 Å². The second-order valence-corrected chi connectivity index (χ2v) is 9.62. The number of fused-ring (bicyclic) bond motifs is 1. The normalized spacial score (nSPS) is 25.9. The molecule has 4 saturated heterocycles. The van der Waals surface area contributed by atoms with Crippen LogP contribution in [-0.4, -0.2) is 99.1 Å². The first kappa shape index (κ1) is 24.9. The molecule has 0 radical (unpaired) electrons. The van der Waals surface area contributed by atoms with Gasteiger partial charge in [0.1, 0.15) is 18.5 Å². The number of hydrogen-bond acceptors (Lipinski definition) is 6. The molecule has 2 atom stereocenters. The maximum atomic E-state index is 13.6. The first-order chi connectivity index (χ1) is 17.3. The van der Waals surface area contributed by atoms with E-state index in [4.69, 9.17) is 14.2 Å². The van der Waals surface area contributed by atoms with E-state index >= 15 is 0 Å². The second-order valence-electron chi connectivity index (χ2n) is 9.62. The lowest BCUT2D eigenvalue weighted by Crippen LogP contribution is -2.62. The lowest BCUT2D eigenvalue weighted by molar-refractivity contribution is -0.140. The summed E-state index contributed by atoms with van der Waals surface area (Å²) in [5.41, 5.74) is -0.571. The zero-order chi connectivity index (χ0) is 25.3. The molecule has 3 amide bonds. The Kier molecular flexibility index (Phi) is 7.16. The summed E-state index contributed by atoms with van der Waals surface area (Å²) in [7, 11) is 0. The van der Waals surface area contributed by atoms with Crippen LogP contribution in [0.3, 0.4) is 0 Å². The van der Waals surface area contributed by atoms with Crippen molar-refractivity contribution in [2.45, 2.75) is 43.7 Å². The summed E-state index contributed by atoms with van der Waals surface area (Å²) in [6, 6.07) is 3.66. The summed E-state index contributed by atoms with van der Waals surface area (Å²) < 4.78 is 57.7. The summed E-state index contributed by atoms with van der Waals surface area (Å²) in [5, 5.41) is 2.90. The average Bonchev–Trinajstić information content (AvgIpc) is 2.88. The van der Waals surface area contributed by atoms with Crippen molar-refractivity contribution in [1.82, 2.24) is 15.1 Å². The number of carbonyl (C=O) groups is 2. The Bertz CT molecular complexity index is 964. The standard InChI is InChI=1S/C24H31F3N4O5/c25-24(26,27)18-2-1-17(13-20(18)29-9-11-34-12-10-29)36-16-3-6-30(7-4-16)23(33)31-8-5-21-19(14-31)28-22(32)15-35-21/h1-2,13,16,19,21H,3-12,14-15H2,(H,28,32)/t19-,21+/m1/s1. The lowest BCUT2D eigenvalue weighted by Gasteiger charge is -2.43. The number of piperidine rings is 2.